The second-order valence-corrected chi connectivity index (χ2v) is 4.94. The van der Waals surface area contributed by atoms with E-state index >= 15 is 0 Å². The monoisotopic (exact) mass is 210 g/mol. The summed E-state index contributed by atoms with van der Waals surface area (Å²) in [4.78, 5) is 0. The van der Waals surface area contributed by atoms with Crippen molar-refractivity contribution >= 4 is 0 Å². The summed E-state index contributed by atoms with van der Waals surface area (Å²) in [6.07, 6.45) is 4.84. The quantitative estimate of drug-likeness (QED) is 0.648. The van der Waals surface area contributed by atoms with Crippen molar-refractivity contribution < 1.29 is 8.78 Å². The predicted molar refractivity (Wildman–Crippen MR) is 58.1 cm³/mol. The van der Waals surface area contributed by atoms with Crippen molar-refractivity contribution in [2.45, 2.75) is 38.5 Å². The summed E-state index contributed by atoms with van der Waals surface area (Å²) in [5.74, 6) is 0. The Kier molecular flexibility index (Phi) is 1.84. The van der Waals surface area contributed by atoms with Gasteiger partial charge in [0.2, 0.25) is 0 Å². The van der Waals surface area contributed by atoms with E-state index in [1.807, 2.05) is 6.92 Å². The van der Waals surface area contributed by atoms with Gasteiger partial charge >= 0.3 is 0 Å². The Labute approximate surface area is 89.4 Å². The number of rotatable bonds is 2. The molecule has 0 aromatic carbocycles. The van der Waals surface area contributed by atoms with Crippen molar-refractivity contribution in [3.8, 4) is 0 Å². The third-order valence-corrected chi connectivity index (χ3v) is 4.15. The summed E-state index contributed by atoms with van der Waals surface area (Å²) in [5, 5.41) is 0. The predicted octanol–water partition coefficient (Wildman–Crippen LogP) is 3.91. The molecule has 0 aromatic heterocycles. The molecule has 0 amide bonds. The normalized spacial score (nSPS) is 42.2. The van der Waals surface area contributed by atoms with Crippen LogP contribution in [-0.4, -0.2) is 11.3 Å². The molecule has 0 spiro atoms. The van der Waals surface area contributed by atoms with Crippen LogP contribution in [0, 0.1) is 5.41 Å². The van der Waals surface area contributed by atoms with Gasteiger partial charge in [-0.25, -0.2) is 8.78 Å². The lowest BCUT2D eigenvalue weighted by molar-refractivity contribution is -0.151. The first kappa shape index (κ1) is 10.6. The van der Waals surface area contributed by atoms with Crippen LogP contribution in [0.4, 0.5) is 8.78 Å². The molecule has 2 unspecified atom stereocenters. The van der Waals surface area contributed by atoms with Crippen molar-refractivity contribution in [1.29, 1.82) is 0 Å². The fraction of sp³-hybridized carbons (Fsp3) is 0.538. The van der Waals surface area contributed by atoms with Gasteiger partial charge in [-0.15, -0.1) is 0 Å². The van der Waals surface area contributed by atoms with E-state index in [0.717, 1.165) is 0 Å². The maximum Gasteiger partial charge on any atom is 0.148 e. The van der Waals surface area contributed by atoms with Gasteiger partial charge in [-0.2, -0.15) is 0 Å². The number of hydrogen-bond donors (Lipinski definition) is 0. The van der Waals surface area contributed by atoms with Crippen LogP contribution in [0.3, 0.4) is 0 Å². The smallest absolute Gasteiger partial charge is 0.148 e. The minimum absolute atomic E-state index is 0.0476. The highest BCUT2D eigenvalue weighted by atomic mass is 19.2. The Morgan fingerprint density at radius 1 is 1.20 bits per heavy atom. The Bertz CT molecular complexity index is 389. The Balaban J connectivity index is 2.62. The van der Waals surface area contributed by atoms with Crippen LogP contribution in [0.2, 0.25) is 0 Å². The average Bonchev–Trinajstić information content (AvgIpc) is 2.45. The Hall–Kier alpha value is -0.920. The Morgan fingerprint density at radius 3 is 2.13 bits per heavy atom. The van der Waals surface area contributed by atoms with E-state index in [0.29, 0.717) is 11.1 Å². The molecule has 0 nitrogen and oxygen atoms in total. The van der Waals surface area contributed by atoms with Crippen molar-refractivity contribution in [2.75, 3.05) is 0 Å². The number of hydrogen-bond acceptors (Lipinski definition) is 0. The molecule has 82 valence electrons. The van der Waals surface area contributed by atoms with Gasteiger partial charge in [-0.05, 0) is 18.1 Å². The summed E-state index contributed by atoms with van der Waals surface area (Å²) < 4.78 is 29.1. The molecule has 1 fully saturated rings. The van der Waals surface area contributed by atoms with E-state index in [4.69, 9.17) is 0 Å². The zero-order valence-corrected chi connectivity index (χ0v) is 9.40. The van der Waals surface area contributed by atoms with Gasteiger partial charge < -0.3 is 0 Å². The summed E-state index contributed by atoms with van der Waals surface area (Å²) in [6, 6.07) is 0. The lowest BCUT2D eigenvalue weighted by Gasteiger charge is -2.54. The van der Waals surface area contributed by atoms with Crippen LogP contribution in [0.25, 0.3) is 0 Å². The fourth-order valence-electron chi connectivity index (χ4n) is 2.94. The van der Waals surface area contributed by atoms with Gasteiger partial charge in [0.25, 0.3) is 0 Å². The van der Waals surface area contributed by atoms with E-state index in [-0.39, 0.29) is 6.42 Å². The molecular formula is C13H16F2. The highest BCUT2D eigenvalue weighted by Gasteiger charge is 2.78. The average molecular weight is 210 g/mol. The molecule has 3 aliphatic carbocycles. The molecule has 3 aliphatic rings. The van der Waals surface area contributed by atoms with Crippen molar-refractivity contribution in [3.63, 3.8) is 0 Å². The van der Waals surface area contributed by atoms with Crippen molar-refractivity contribution in [1.82, 2.24) is 0 Å². The molecule has 2 bridgehead atoms. The molecule has 3 rings (SSSR count). The molecule has 2 heteroatoms. The third-order valence-electron chi connectivity index (χ3n) is 4.15. The largest absolute Gasteiger partial charge is 0.238 e. The molecule has 1 saturated carbocycles. The molecule has 0 N–H and O–H groups in total. The SMILES string of the molecule is C=CC1=C(/C=C\C)C2(F)CC1(F)C2(C)C. The molecule has 15 heavy (non-hydrogen) atoms. The first-order valence-corrected chi connectivity index (χ1v) is 5.23. The van der Waals surface area contributed by atoms with Crippen molar-refractivity contribution in [2.24, 2.45) is 5.41 Å². The highest BCUT2D eigenvalue weighted by Crippen LogP contribution is 2.73. The molecule has 0 aliphatic heterocycles. The maximum atomic E-state index is 14.6. The van der Waals surface area contributed by atoms with Crippen LogP contribution >= 0.6 is 0 Å². The Morgan fingerprint density at radius 2 is 1.73 bits per heavy atom. The highest BCUT2D eigenvalue weighted by molar-refractivity contribution is 5.61. The molecule has 0 heterocycles. The second kappa shape index (κ2) is 2.60. The van der Waals surface area contributed by atoms with E-state index in [1.165, 1.54) is 6.08 Å². The van der Waals surface area contributed by atoms with Gasteiger partial charge in [0.1, 0.15) is 11.3 Å². The number of allylic oxidation sites excluding steroid dienone is 5. The van der Waals surface area contributed by atoms with Gasteiger partial charge in [0.15, 0.2) is 0 Å². The fourth-order valence-corrected chi connectivity index (χ4v) is 2.94. The van der Waals surface area contributed by atoms with Crippen LogP contribution < -0.4 is 0 Å². The van der Waals surface area contributed by atoms with Crippen LogP contribution in [0.1, 0.15) is 27.2 Å². The molecule has 2 atom stereocenters. The molecule has 0 aromatic rings. The van der Waals surface area contributed by atoms with Gasteiger partial charge in [0.05, 0.1) is 0 Å². The third kappa shape index (κ3) is 0.826. The van der Waals surface area contributed by atoms with E-state index in [9.17, 15) is 8.78 Å². The van der Waals surface area contributed by atoms with Crippen molar-refractivity contribution in [3.05, 3.63) is 36.0 Å². The van der Waals surface area contributed by atoms with E-state index in [1.54, 1.807) is 26.0 Å². The molecule has 0 saturated heterocycles. The minimum atomic E-state index is -1.53. The van der Waals surface area contributed by atoms with Crippen LogP contribution in [0.5, 0.6) is 0 Å². The molecule has 0 radical (unpaired) electrons. The number of alkyl halides is 2. The van der Waals surface area contributed by atoms with E-state index in [2.05, 4.69) is 6.58 Å². The standard InChI is InChI=1S/C13H16F2/c1-5-7-10-9(6-2)12(14)8-13(10,15)11(12,3)4/h5-7H,2,8H2,1,3-4H3/b7-5-. The second-order valence-electron chi connectivity index (χ2n) is 4.94. The minimum Gasteiger partial charge on any atom is -0.238 e. The van der Waals surface area contributed by atoms with Gasteiger partial charge in [-0.1, -0.05) is 38.7 Å². The van der Waals surface area contributed by atoms with Crippen LogP contribution in [0.15, 0.2) is 36.0 Å². The maximum absolute atomic E-state index is 14.6. The first-order valence-electron chi connectivity index (χ1n) is 5.23. The summed E-state index contributed by atoms with van der Waals surface area (Å²) in [6.45, 7) is 8.70. The zero-order valence-electron chi connectivity index (χ0n) is 9.40. The van der Waals surface area contributed by atoms with E-state index < -0.39 is 16.8 Å². The summed E-state index contributed by atoms with van der Waals surface area (Å²) in [5.41, 5.74) is -3.09. The zero-order chi connectivity index (χ0) is 11.5. The topological polar surface area (TPSA) is 0 Å². The lowest BCUT2D eigenvalue weighted by atomic mass is 9.54. The summed E-state index contributed by atoms with van der Waals surface area (Å²) in [7, 11) is 0. The summed E-state index contributed by atoms with van der Waals surface area (Å²) >= 11 is 0. The van der Waals surface area contributed by atoms with Gasteiger partial charge in [0, 0.05) is 11.8 Å². The molecular weight excluding hydrogens is 194 g/mol. The van der Waals surface area contributed by atoms with Gasteiger partial charge in [-0.3, -0.25) is 0 Å². The first-order chi connectivity index (χ1) is 6.85. The number of halogens is 2. The lowest BCUT2D eigenvalue weighted by Crippen LogP contribution is -2.63. The van der Waals surface area contributed by atoms with Crippen LogP contribution in [-0.2, 0) is 0 Å².